The highest BCUT2D eigenvalue weighted by molar-refractivity contribution is 7.15. The number of carbonyl (C=O) groups is 1. The molecule has 0 radical (unpaired) electrons. The number of nitrogens with zero attached hydrogens (tertiary/aromatic N) is 2. The highest BCUT2D eigenvalue weighted by Crippen LogP contribution is 2.11. The van der Waals surface area contributed by atoms with Crippen LogP contribution in [0.3, 0.4) is 0 Å². The van der Waals surface area contributed by atoms with Gasteiger partial charge in [0, 0.05) is 18.9 Å². The van der Waals surface area contributed by atoms with Crippen LogP contribution >= 0.6 is 11.3 Å². The van der Waals surface area contributed by atoms with Crippen molar-refractivity contribution in [3.63, 3.8) is 0 Å². The molecule has 0 bridgehead atoms. The number of carbonyl (C=O) groups excluding carboxylic acids is 1. The number of halogens is 1. The van der Waals surface area contributed by atoms with E-state index in [1.54, 1.807) is 4.68 Å². The molecule has 0 saturated carbocycles. The first-order chi connectivity index (χ1) is 5.09. The number of nitrogens with one attached hydrogen (secondary N) is 1. The summed E-state index contributed by atoms with van der Waals surface area (Å²) in [5.74, 6) is -0.0839. The lowest BCUT2D eigenvalue weighted by Gasteiger charge is -1.87. The van der Waals surface area contributed by atoms with Crippen LogP contribution in [0.15, 0.2) is 0 Å². The summed E-state index contributed by atoms with van der Waals surface area (Å²) in [5.41, 5.74) is 0. The topological polar surface area (TPSA) is 45.9 Å². The summed E-state index contributed by atoms with van der Waals surface area (Å²) in [5, 5.41) is 8.38. The number of aromatic nitrogens is 2. The van der Waals surface area contributed by atoms with Crippen LogP contribution in [0.2, 0.25) is 0 Å². The predicted octanol–water partition coefficient (Wildman–Crippen LogP) is -2.76. The van der Waals surface area contributed by atoms with Gasteiger partial charge in [-0.15, -0.1) is 0 Å². The molecular weight excluding hydrogens is 289 g/mol. The second-order valence-electron chi connectivity index (χ2n) is 2.23. The minimum Gasteiger partial charge on any atom is -1.00 e. The Morgan fingerprint density at radius 1 is 1.67 bits per heavy atom. The molecule has 1 amide bonds. The Hall–Kier alpha value is -0.240. The maximum atomic E-state index is 10.6. The molecule has 68 valence electrons. The van der Waals surface area contributed by atoms with Crippen LogP contribution in [-0.2, 0) is 11.8 Å². The van der Waals surface area contributed by atoms with Gasteiger partial charge in [0.2, 0.25) is 5.91 Å². The average molecular weight is 299 g/mol. The van der Waals surface area contributed by atoms with Crippen molar-refractivity contribution >= 4 is 22.4 Å². The van der Waals surface area contributed by atoms with E-state index in [9.17, 15) is 4.79 Å². The second-order valence-corrected chi connectivity index (χ2v) is 3.41. The van der Waals surface area contributed by atoms with Gasteiger partial charge in [0.15, 0.2) is 7.05 Å². The van der Waals surface area contributed by atoms with Crippen molar-refractivity contribution in [2.24, 2.45) is 7.05 Å². The molecule has 4 nitrogen and oxygen atoms in total. The van der Waals surface area contributed by atoms with Gasteiger partial charge in [-0.25, -0.2) is 0 Å². The summed E-state index contributed by atoms with van der Waals surface area (Å²) in [4.78, 5) is 10.6. The van der Waals surface area contributed by atoms with E-state index in [1.165, 1.54) is 18.3 Å². The van der Waals surface area contributed by atoms with Crippen molar-refractivity contribution in [1.29, 1.82) is 0 Å². The number of hydrogen-bond donors (Lipinski definition) is 1. The maximum Gasteiger partial charge on any atom is 0.263 e. The van der Waals surface area contributed by atoms with E-state index in [0.717, 1.165) is 5.01 Å². The average Bonchev–Trinajstić information content (AvgIpc) is 2.10. The number of rotatable bonds is 1. The van der Waals surface area contributed by atoms with Crippen LogP contribution in [0, 0.1) is 6.92 Å². The molecule has 0 atom stereocenters. The molecule has 0 unspecified atom stereocenters. The first-order valence-electron chi connectivity index (χ1n) is 3.21. The molecule has 0 aliphatic carbocycles. The van der Waals surface area contributed by atoms with Gasteiger partial charge < -0.3 is 24.0 Å². The smallest absolute Gasteiger partial charge is 0.263 e. The zero-order valence-electron chi connectivity index (χ0n) is 7.09. The fraction of sp³-hybridized carbons (Fsp3) is 0.500. The molecule has 1 heterocycles. The van der Waals surface area contributed by atoms with Crippen LogP contribution in [-0.4, -0.2) is 11.0 Å². The maximum absolute atomic E-state index is 10.6. The molecular formula is C6H10IN3OS. The van der Waals surface area contributed by atoms with Crippen LogP contribution in [0.5, 0.6) is 0 Å². The lowest BCUT2D eigenvalue weighted by Crippen LogP contribution is -3.00. The molecule has 1 N–H and O–H groups in total. The van der Waals surface area contributed by atoms with Gasteiger partial charge in [0.1, 0.15) is 0 Å². The summed E-state index contributed by atoms with van der Waals surface area (Å²) in [7, 11) is 1.84. The van der Waals surface area contributed by atoms with Gasteiger partial charge in [0.05, 0.1) is 0 Å². The number of hydrogen-bond acceptors (Lipinski definition) is 3. The molecule has 1 aromatic rings. The van der Waals surface area contributed by atoms with Gasteiger partial charge in [0.25, 0.3) is 10.1 Å². The number of aryl methyl sites for hydroxylation is 2. The van der Waals surface area contributed by atoms with E-state index < -0.39 is 0 Å². The molecule has 0 aromatic carbocycles. The van der Waals surface area contributed by atoms with Gasteiger partial charge in [-0.3, -0.25) is 10.1 Å². The fourth-order valence-electron chi connectivity index (χ4n) is 0.634. The molecule has 1 aromatic heterocycles. The minimum atomic E-state index is -0.0839. The largest absolute Gasteiger partial charge is 1.00 e. The van der Waals surface area contributed by atoms with Crippen LogP contribution < -0.4 is 34.0 Å². The van der Waals surface area contributed by atoms with Crippen molar-refractivity contribution in [2.45, 2.75) is 13.8 Å². The molecule has 0 aliphatic heterocycles. The monoisotopic (exact) mass is 299 g/mol. The fourth-order valence-corrected chi connectivity index (χ4v) is 1.44. The number of anilines is 1. The van der Waals surface area contributed by atoms with E-state index in [4.69, 9.17) is 0 Å². The number of amides is 1. The third-order valence-electron chi connectivity index (χ3n) is 1.22. The predicted molar refractivity (Wildman–Crippen MR) is 42.3 cm³/mol. The van der Waals surface area contributed by atoms with Gasteiger partial charge in [-0.1, -0.05) is 4.68 Å². The van der Waals surface area contributed by atoms with E-state index >= 15 is 0 Å². The first kappa shape index (κ1) is 11.8. The van der Waals surface area contributed by atoms with Gasteiger partial charge in [-0.2, -0.15) is 0 Å². The summed E-state index contributed by atoms with van der Waals surface area (Å²) in [6, 6.07) is 0. The van der Waals surface area contributed by atoms with Crippen LogP contribution in [0.1, 0.15) is 11.9 Å². The zero-order valence-corrected chi connectivity index (χ0v) is 10.1. The SMILES string of the molecule is CC(=O)Nc1n[n+](C)c(C)s1.[I-]. The molecule has 0 fully saturated rings. The normalized spacial score (nSPS) is 8.92. The van der Waals surface area contributed by atoms with E-state index in [1.807, 2.05) is 14.0 Å². The summed E-state index contributed by atoms with van der Waals surface area (Å²) < 4.78 is 1.73. The summed E-state index contributed by atoms with van der Waals surface area (Å²) >= 11 is 1.46. The third kappa shape index (κ3) is 3.02. The van der Waals surface area contributed by atoms with Crippen molar-refractivity contribution in [3.8, 4) is 0 Å². The Labute approximate surface area is 92.0 Å². The van der Waals surface area contributed by atoms with Crippen molar-refractivity contribution < 1.29 is 33.5 Å². The molecule has 0 aliphatic rings. The van der Waals surface area contributed by atoms with Crippen molar-refractivity contribution in [3.05, 3.63) is 5.01 Å². The zero-order chi connectivity index (χ0) is 8.43. The van der Waals surface area contributed by atoms with E-state index in [-0.39, 0.29) is 29.9 Å². The lowest BCUT2D eigenvalue weighted by molar-refractivity contribution is -0.729. The first-order valence-corrected chi connectivity index (χ1v) is 4.02. The van der Waals surface area contributed by atoms with Gasteiger partial charge >= 0.3 is 0 Å². The molecule has 0 saturated heterocycles. The van der Waals surface area contributed by atoms with Crippen molar-refractivity contribution in [2.75, 3.05) is 5.32 Å². The second kappa shape index (κ2) is 4.70. The Bertz CT molecular complexity index is 267. The van der Waals surface area contributed by atoms with E-state index in [0.29, 0.717) is 5.13 Å². The molecule has 0 spiro atoms. The quantitative estimate of drug-likeness (QED) is 0.451. The molecule has 12 heavy (non-hydrogen) atoms. The highest BCUT2D eigenvalue weighted by Gasteiger charge is 2.11. The Balaban J connectivity index is 0.00000121. The Morgan fingerprint density at radius 2 is 2.25 bits per heavy atom. The molecule has 1 rings (SSSR count). The third-order valence-corrected chi connectivity index (χ3v) is 2.16. The molecule has 6 heteroatoms. The Morgan fingerprint density at radius 3 is 2.58 bits per heavy atom. The van der Waals surface area contributed by atoms with Gasteiger partial charge in [-0.05, 0) is 11.3 Å². The lowest BCUT2D eigenvalue weighted by atomic mass is 10.7. The highest BCUT2D eigenvalue weighted by atomic mass is 127. The summed E-state index contributed by atoms with van der Waals surface area (Å²) in [6.45, 7) is 3.42. The van der Waals surface area contributed by atoms with Crippen LogP contribution in [0.25, 0.3) is 0 Å². The van der Waals surface area contributed by atoms with Crippen molar-refractivity contribution in [1.82, 2.24) is 5.10 Å². The summed E-state index contributed by atoms with van der Waals surface area (Å²) in [6.07, 6.45) is 0. The minimum absolute atomic E-state index is 0. The standard InChI is InChI=1S/C6H9N3OS.HI/c1-4(10)7-6-8-9(3)5(2)11-6;/h1-3H3;1H. The van der Waals surface area contributed by atoms with Crippen LogP contribution in [0.4, 0.5) is 5.13 Å². The Kier molecular flexibility index (Phi) is 4.61. The van der Waals surface area contributed by atoms with E-state index in [2.05, 4.69) is 10.4 Å².